The Morgan fingerprint density at radius 2 is 2.19 bits per heavy atom. The molecule has 9 heteroatoms. The Morgan fingerprint density at radius 1 is 1.57 bits per heavy atom. The van der Waals surface area contributed by atoms with Crippen LogP contribution in [0.15, 0.2) is 17.2 Å². The highest BCUT2D eigenvalue weighted by atomic mass is 32.2. The lowest BCUT2D eigenvalue weighted by Crippen LogP contribution is -2.36. The number of carbonyl (C=O) groups is 1. The Morgan fingerprint density at radius 3 is 2.71 bits per heavy atom. The van der Waals surface area contributed by atoms with Gasteiger partial charge in [-0.15, -0.1) is 0 Å². The van der Waals surface area contributed by atoms with Crippen molar-refractivity contribution in [2.45, 2.75) is 11.0 Å². The van der Waals surface area contributed by atoms with Gasteiger partial charge in [0.05, 0.1) is 12.7 Å². The maximum atomic E-state index is 12.3. The summed E-state index contributed by atoms with van der Waals surface area (Å²) in [7, 11) is 2.27. The number of aliphatic hydroxyl groups is 1. The minimum absolute atomic E-state index is 0.0155. The fraction of sp³-hybridized carbons (Fsp3) is 0.583. The molecule has 0 bridgehead atoms. The van der Waals surface area contributed by atoms with Gasteiger partial charge in [0.25, 0.3) is 5.91 Å². The standard InChI is InChI=1S/C12H21N3O5S/c1-13-21(18,19)10-5-11(14(2)7-10)12(17)15(3)6-9(16)8-20-4/h5,7,9,13,16H,6,8H2,1-4H3. The van der Waals surface area contributed by atoms with E-state index >= 15 is 0 Å². The number of rotatable bonds is 7. The lowest BCUT2D eigenvalue weighted by atomic mass is 10.3. The van der Waals surface area contributed by atoms with Crippen molar-refractivity contribution in [1.82, 2.24) is 14.2 Å². The van der Waals surface area contributed by atoms with E-state index in [0.29, 0.717) is 0 Å². The summed E-state index contributed by atoms with van der Waals surface area (Å²) in [6, 6.07) is 1.30. The third kappa shape index (κ3) is 4.27. The number of amides is 1. The molecule has 1 atom stereocenters. The van der Waals surface area contributed by atoms with E-state index in [2.05, 4.69) is 4.72 Å². The molecular weight excluding hydrogens is 298 g/mol. The molecule has 120 valence electrons. The molecule has 1 amide bonds. The number of likely N-dealkylation sites (N-methyl/N-ethyl adjacent to an activating group) is 1. The summed E-state index contributed by atoms with van der Waals surface area (Å²) in [4.78, 5) is 13.6. The molecule has 0 aliphatic heterocycles. The van der Waals surface area contributed by atoms with Gasteiger partial charge in [-0.3, -0.25) is 4.79 Å². The molecule has 0 saturated heterocycles. The van der Waals surface area contributed by atoms with Crippen molar-refractivity contribution < 1.29 is 23.1 Å². The van der Waals surface area contributed by atoms with E-state index in [0.717, 1.165) is 0 Å². The first-order valence-corrected chi connectivity index (χ1v) is 7.73. The quantitative estimate of drug-likeness (QED) is 0.672. The number of aryl methyl sites for hydroxylation is 1. The van der Waals surface area contributed by atoms with Crippen molar-refractivity contribution in [3.63, 3.8) is 0 Å². The molecule has 0 aromatic carbocycles. The average molecular weight is 319 g/mol. The fourth-order valence-corrected chi connectivity index (χ4v) is 2.65. The molecule has 1 unspecified atom stereocenters. The molecule has 0 spiro atoms. The molecule has 1 rings (SSSR count). The Kier molecular flexibility index (Phi) is 5.90. The smallest absolute Gasteiger partial charge is 0.270 e. The van der Waals surface area contributed by atoms with Gasteiger partial charge in [-0.1, -0.05) is 0 Å². The van der Waals surface area contributed by atoms with Crippen LogP contribution < -0.4 is 4.72 Å². The summed E-state index contributed by atoms with van der Waals surface area (Å²) >= 11 is 0. The molecule has 2 N–H and O–H groups in total. The van der Waals surface area contributed by atoms with E-state index in [1.807, 2.05) is 0 Å². The number of hydrogen-bond donors (Lipinski definition) is 2. The predicted molar refractivity (Wildman–Crippen MR) is 76.5 cm³/mol. The van der Waals surface area contributed by atoms with Gasteiger partial charge in [0.1, 0.15) is 10.6 Å². The van der Waals surface area contributed by atoms with Crippen molar-refractivity contribution in [3.8, 4) is 0 Å². The molecule has 21 heavy (non-hydrogen) atoms. The summed E-state index contributed by atoms with van der Waals surface area (Å²) in [6.07, 6.45) is 0.558. The number of methoxy groups -OCH3 is 1. The molecule has 0 saturated carbocycles. The maximum absolute atomic E-state index is 12.3. The van der Waals surface area contributed by atoms with Crippen molar-refractivity contribution in [1.29, 1.82) is 0 Å². The Bertz CT molecular complexity index is 596. The van der Waals surface area contributed by atoms with Gasteiger partial charge in [0.15, 0.2) is 0 Å². The van der Waals surface area contributed by atoms with Crippen LogP contribution in [0.5, 0.6) is 0 Å². The fourth-order valence-electron chi connectivity index (χ4n) is 1.85. The topological polar surface area (TPSA) is 101 Å². The average Bonchev–Trinajstić information content (AvgIpc) is 2.80. The second-order valence-corrected chi connectivity index (χ2v) is 6.56. The highest BCUT2D eigenvalue weighted by Gasteiger charge is 2.22. The van der Waals surface area contributed by atoms with Crippen LogP contribution in [0.2, 0.25) is 0 Å². The zero-order valence-corrected chi connectivity index (χ0v) is 13.3. The van der Waals surface area contributed by atoms with Crippen molar-refractivity contribution in [3.05, 3.63) is 18.0 Å². The normalized spacial score (nSPS) is 13.2. The second-order valence-electron chi connectivity index (χ2n) is 4.67. The molecule has 0 aliphatic rings. The van der Waals surface area contributed by atoms with E-state index in [1.54, 1.807) is 7.05 Å². The number of sulfonamides is 1. The highest BCUT2D eigenvalue weighted by molar-refractivity contribution is 7.89. The molecule has 1 aromatic heterocycles. The van der Waals surface area contributed by atoms with Crippen LogP contribution in [-0.2, 0) is 21.8 Å². The van der Waals surface area contributed by atoms with Crippen LogP contribution in [-0.4, -0.2) is 69.4 Å². The van der Waals surface area contributed by atoms with E-state index in [-0.39, 0.29) is 29.6 Å². The molecule has 0 radical (unpaired) electrons. The third-order valence-electron chi connectivity index (χ3n) is 2.97. The van der Waals surface area contributed by atoms with Gasteiger partial charge < -0.3 is 19.3 Å². The summed E-state index contributed by atoms with van der Waals surface area (Å²) in [5.74, 6) is -0.384. The number of aromatic nitrogens is 1. The third-order valence-corrected chi connectivity index (χ3v) is 4.35. The number of aliphatic hydroxyl groups excluding tert-OH is 1. The predicted octanol–water partition coefficient (Wildman–Crippen LogP) is -0.987. The van der Waals surface area contributed by atoms with Crippen LogP contribution in [0.3, 0.4) is 0 Å². The minimum atomic E-state index is -3.60. The number of carbonyl (C=O) groups excluding carboxylic acids is 1. The first kappa shape index (κ1) is 17.6. The Labute approximate surface area is 124 Å². The highest BCUT2D eigenvalue weighted by Crippen LogP contribution is 2.14. The van der Waals surface area contributed by atoms with Gasteiger partial charge in [-0.05, 0) is 13.1 Å². The van der Waals surface area contributed by atoms with Crippen LogP contribution in [0.4, 0.5) is 0 Å². The lowest BCUT2D eigenvalue weighted by Gasteiger charge is -2.20. The van der Waals surface area contributed by atoms with Crippen molar-refractivity contribution >= 4 is 15.9 Å². The number of ether oxygens (including phenoxy) is 1. The maximum Gasteiger partial charge on any atom is 0.270 e. The van der Waals surface area contributed by atoms with E-state index in [9.17, 15) is 18.3 Å². The first-order valence-electron chi connectivity index (χ1n) is 6.25. The van der Waals surface area contributed by atoms with Crippen LogP contribution in [0.25, 0.3) is 0 Å². The largest absolute Gasteiger partial charge is 0.389 e. The van der Waals surface area contributed by atoms with Crippen molar-refractivity contribution in [2.75, 3.05) is 34.4 Å². The van der Waals surface area contributed by atoms with Gasteiger partial charge in [-0.25, -0.2) is 13.1 Å². The number of hydrogen-bond acceptors (Lipinski definition) is 5. The lowest BCUT2D eigenvalue weighted by molar-refractivity contribution is 0.0376. The summed E-state index contributed by atoms with van der Waals surface area (Å²) < 4.78 is 31.9. The van der Waals surface area contributed by atoms with E-state index in [4.69, 9.17) is 4.74 Å². The summed E-state index contributed by atoms with van der Waals surface area (Å²) in [5, 5.41) is 9.63. The molecule has 8 nitrogen and oxygen atoms in total. The minimum Gasteiger partial charge on any atom is -0.389 e. The van der Waals surface area contributed by atoms with Gasteiger partial charge in [-0.2, -0.15) is 0 Å². The Hall–Kier alpha value is -1.42. The molecular formula is C12H21N3O5S. The first-order chi connectivity index (χ1) is 9.72. The van der Waals surface area contributed by atoms with Crippen LogP contribution >= 0.6 is 0 Å². The SMILES string of the molecule is CNS(=O)(=O)c1cc(C(=O)N(C)CC(O)COC)n(C)c1. The van der Waals surface area contributed by atoms with Crippen LogP contribution in [0.1, 0.15) is 10.5 Å². The van der Waals surface area contributed by atoms with Crippen molar-refractivity contribution in [2.24, 2.45) is 7.05 Å². The zero-order chi connectivity index (χ0) is 16.2. The number of nitrogens with zero attached hydrogens (tertiary/aromatic N) is 2. The van der Waals surface area contributed by atoms with Gasteiger partial charge >= 0.3 is 0 Å². The summed E-state index contributed by atoms with van der Waals surface area (Å²) in [5.41, 5.74) is 0.218. The van der Waals surface area contributed by atoms with Gasteiger partial charge in [0, 0.05) is 33.9 Å². The second kappa shape index (κ2) is 7.03. The molecule has 0 fully saturated rings. The van der Waals surface area contributed by atoms with E-state index in [1.165, 1.54) is 42.9 Å². The van der Waals surface area contributed by atoms with E-state index < -0.39 is 16.1 Å². The number of nitrogens with one attached hydrogen (secondary N) is 1. The van der Waals surface area contributed by atoms with Gasteiger partial charge in [0.2, 0.25) is 10.0 Å². The summed E-state index contributed by atoms with van der Waals surface area (Å²) in [6.45, 7) is 0.204. The molecule has 1 heterocycles. The van der Waals surface area contributed by atoms with Crippen LogP contribution in [0, 0.1) is 0 Å². The monoisotopic (exact) mass is 319 g/mol. The molecule has 1 aromatic rings. The Balaban J connectivity index is 2.93. The zero-order valence-electron chi connectivity index (χ0n) is 12.5. The molecule has 0 aliphatic carbocycles.